The molecule has 1 saturated carbocycles. The first-order valence-electron chi connectivity index (χ1n) is 5.95. The molecule has 2 N–H and O–H groups in total. The summed E-state index contributed by atoms with van der Waals surface area (Å²) in [5.74, 6) is -0.797. The van der Waals surface area contributed by atoms with E-state index in [2.05, 4.69) is 10.3 Å². The van der Waals surface area contributed by atoms with Gasteiger partial charge in [0.2, 0.25) is 5.76 Å². The van der Waals surface area contributed by atoms with Gasteiger partial charge in [-0.05, 0) is 26.2 Å². The van der Waals surface area contributed by atoms with Gasteiger partial charge in [0.25, 0.3) is 5.91 Å². The van der Waals surface area contributed by atoms with Gasteiger partial charge in [-0.15, -0.1) is 0 Å². The van der Waals surface area contributed by atoms with E-state index in [-0.39, 0.29) is 23.6 Å². The Labute approximate surface area is 104 Å². The first-order valence-corrected chi connectivity index (χ1v) is 5.95. The Morgan fingerprint density at radius 3 is 2.61 bits per heavy atom. The zero-order valence-electron chi connectivity index (χ0n) is 10.4. The molecule has 0 saturated heterocycles. The predicted octanol–water partition coefficient (Wildman–Crippen LogP) is 1.27. The summed E-state index contributed by atoms with van der Waals surface area (Å²) >= 11 is 0. The monoisotopic (exact) mass is 252 g/mol. The number of carbonyl (C=O) groups excluding carboxylic acids is 1. The zero-order chi connectivity index (χ0) is 13.3. The molecule has 1 fully saturated rings. The minimum Gasteiger partial charge on any atom is -0.481 e. The Kier molecular flexibility index (Phi) is 3.36. The van der Waals surface area contributed by atoms with Crippen LogP contribution in [0.5, 0.6) is 0 Å². The first kappa shape index (κ1) is 12.6. The summed E-state index contributed by atoms with van der Waals surface area (Å²) in [5.41, 5.74) is 0.554. The van der Waals surface area contributed by atoms with Gasteiger partial charge >= 0.3 is 5.97 Å². The van der Waals surface area contributed by atoms with E-state index in [0.717, 1.165) is 0 Å². The highest BCUT2D eigenvalue weighted by molar-refractivity contribution is 5.92. The molecular weight excluding hydrogens is 236 g/mol. The number of aromatic nitrogens is 1. The van der Waals surface area contributed by atoms with E-state index in [4.69, 9.17) is 9.52 Å². The van der Waals surface area contributed by atoms with E-state index in [1.807, 2.05) is 0 Å². The number of rotatable bonds is 3. The predicted molar refractivity (Wildman–Crippen MR) is 62.2 cm³/mol. The highest BCUT2D eigenvalue weighted by Gasteiger charge is 2.31. The van der Waals surface area contributed by atoms with Crippen LogP contribution in [0.2, 0.25) is 0 Å². The Morgan fingerprint density at radius 1 is 1.39 bits per heavy atom. The van der Waals surface area contributed by atoms with Crippen molar-refractivity contribution in [2.24, 2.45) is 5.92 Å². The van der Waals surface area contributed by atoms with Crippen molar-refractivity contribution in [1.29, 1.82) is 0 Å². The third kappa shape index (κ3) is 2.52. The number of aryl methyl sites for hydroxylation is 2. The van der Waals surface area contributed by atoms with E-state index in [1.165, 1.54) is 0 Å². The van der Waals surface area contributed by atoms with Crippen molar-refractivity contribution in [3.8, 4) is 0 Å². The maximum atomic E-state index is 11.9. The van der Waals surface area contributed by atoms with E-state index in [0.29, 0.717) is 30.8 Å². The van der Waals surface area contributed by atoms with Crippen LogP contribution in [0.1, 0.15) is 41.4 Å². The lowest BCUT2D eigenvalue weighted by molar-refractivity contribution is -0.141. The molecule has 1 aromatic heterocycles. The molecule has 0 aromatic carbocycles. The number of oxazole rings is 1. The van der Waals surface area contributed by atoms with E-state index in [9.17, 15) is 9.59 Å². The minimum absolute atomic E-state index is 0.0941. The highest BCUT2D eigenvalue weighted by Crippen LogP contribution is 2.26. The van der Waals surface area contributed by atoms with Gasteiger partial charge in [0, 0.05) is 13.0 Å². The summed E-state index contributed by atoms with van der Waals surface area (Å²) in [4.78, 5) is 26.8. The Bertz CT molecular complexity index is 480. The summed E-state index contributed by atoms with van der Waals surface area (Å²) < 4.78 is 5.22. The Balaban J connectivity index is 1.97. The van der Waals surface area contributed by atoms with Crippen LogP contribution >= 0.6 is 0 Å². The fourth-order valence-electron chi connectivity index (χ4n) is 2.33. The van der Waals surface area contributed by atoms with Gasteiger partial charge in [0.05, 0.1) is 11.6 Å². The molecular formula is C12H16N2O4. The molecule has 6 heteroatoms. The fourth-order valence-corrected chi connectivity index (χ4v) is 2.33. The fraction of sp³-hybridized carbons (Fsp3) is 0.583. The van der Waals surface area contributed by atoms with Crippen molar-refractivity contribution in [2.45, 2.75) is 39.2 Å². The van der Waals surface area contributed by atoms with E-state index < -0.39 is 5.97 Å². The standard InChI is InChI=1S/C12H16N2O4/c1-6-10(18-7(2)13-6)11(15)14-9-4-3-8(5-9)12(16)17/h8-9H,3-5H2,1-2H3,(H,14,15)(H,16,17)/t8-,9+/m1/s1. The first-order chi connectivity index (χ1) is 8.47. The van der Waals surface area contributed by atoms with Gasteiger partial charge in [-0.1, -0.05) is 0 Å². The lowest BCUT2D eigenvalue weighted by atomic mass is 10.1. The van der Waals surface area contributed by atoms with Gasteiger partial charge in [-0.25, -0.2) is 4.98 Å². The van der Waals surface area contributed by atoms with Crippen LogP contribution in [0.4, 0.5) is 0 Å². The smallest absolute Gasteiger partial charge is 0.306 e. The summed E-state index contributed by atoms with van der Waals surface area (Å²) in [6, 6.07) is -0.0941. The van der Waals surface area contributed by atoms with Crippen LogP contribution in [0.3, 0.4) is 0 Å². The average Bonchev–Trinajstić information content (AvgIpc) is 2.85. The van der Waals surface area contributed by atoms with Crippen LogP contribution in [0, 0.1) is 19.8 Å². The van der Waals surface area contributed by atoms with Gasteiger partial charge in [0.1, 0.15) is 0 Å². The van der Waals surface area contributed by atoms with Crippen LogP contribution in [-0.4, -0.2) is 28.0 Å². The zero-order valence-corrected chi connectivity index (χ0v) is 10.4. The molecule has 2 rings (SSSR count). The number of nitrogens with zero attached hydrogens (tertiary/aromatic N) is 1. The summed E-state index contributed by atoms with van der Waals surface area (Å²) in [6.07, 6.45) is 1.77. The van der Waals surface area contributed by atoms with Crippen molar-refractivity contribution >= 4 is 11.9 Å². The van der Waals surface area contributed by atoms with Crippen LogP contribution in [-0.2, 0) is 4.79 Å². The third-order valence-corrected chi connectivity index (χ3v) is 3.23. The molecule has 0 spiro atoms. The molecule has 1 amide bonds. The topological polar surface area (TPSA) is 92.4 Å². The van der Waals surface area contributed by atoms with Crippen LogP contribution in [0.25, 0.3) is 0 Å². The minimum atomic E-state index is -0.793. The SMILES string of the molecule is Cc1nc(C)c(C(=O)N[C@H]2CC[C@@H](C(=O)O)C2)o1. The number of hydrogen-bond acceptors (Lipinski definition) is 4. The molecule has 1 aliphatic rings. The number of carbonyl (C=O) groups is 2. The number of carboxylic acids is 1. The van der Waals surface area contributed by atoms with Crippen LogP contribution < -0.4 is 5.32 Å². The van der Waals surface area contributed by atoms with Gasteiger partial charge in [-0.2, -0.15) is 0 Å². The molecule has 1 heterocycles. The second kappa shape index (κ2) is 4.80. The number of hydrogen-bond donors (Lipinski definition) is 2. The van der Waals surface area contributed by atoms with Crippen LogP contribution in [0.15, 0.2) is 4.42 Å². The second-order valence-corrected chi connectivity index (χ2v) is 4.67. The number of amides is 1. The van der Waals surface area contributed by atoms with Crippen molar-refractivity contribution in [1.82, 2.24) is 10.3 Å². The van der Waals surface area contributed by atoms with Crippen molar-refractivity contribution < 1.29 is 19.1 Å². The quantitative estimate of drug-likeness (QED) is 0.845. The number of aliphatic carboxylic acids is 1. The molecule has 0 bridgehead atoms. The second-order valence-electron chi connectivity index (χ2n) is 4.67. The molecule has 0 radical (unpaired) electrons. The molecule has 0 unspecified atom stereocenters. The lowest BCUT2D eigenvalue weighted by Crippen LogP contribution is -2.33. The Morgan fingerprint density at radius 2 is 2.11 bits per heavy atom. The Hall–Kier alpha value is -1.85. The maximum Gasteiger partial charge on any atom is 0.306 e. The van der Waals surface area contributed by atoms with Crippen molar-refractivity contribution in [3.05, 3.63) is 17.3 Å². The van der Waals surface area contributed by atoms with Gasteiger partial charge in [-0.3, -0.25) is 9.59 Å². The molecule has 0 aliphatic heterocycles. The molecule has 98 valence electrons. The lowest BCUT2D eigenvalue weighted by Gasteiger charge is -2.11. The van der Waals surface area contributed by atoms with Crippen molar-refractivity contribution in [2.75, 3.05) is 0 Å². The van der Waals surface area contributed by atoms with E-state index >= 15 is 0 Å². The average molecular weight is 252 g/mol. The molecule has 2 atom stereocenters. The molecule has 1 aliphatic carbocycles. The summed E-state index contributed by atoms with van der Waals surface area (Å²) in [7, 11) is 0. The molecule has 1 aromatic rings. The summed E-state index contributed by atoms with van der Waals surface area (Å²) in [5, 5.41) is 11.7. The number of carboxylic acid groups (broad SMARTS) is 1. The highest BCUT2D eigenvalue weighted by atomic mass is 16.4. The number of nitrogens with one attached hydrogen (secondary N) is 1. The molecule has 18 heavy (non-hydrogen) atoms. The molecule has 6 nitrogen and oxygen atoms in total. The normalized spacial score (nSPS) is 23.0. The van der Waals surface area contributed by atoms with E-state index in [1.54, 1.807) is 13.8 Å². The van der Waals surface area contributed by atoms with Gasteiger partial charge in [0.15, 0.2) is 5.89 Å². The summed E-state index contributed by atoms with van der Waals surface area (Å²) in [6.45, 7) is 3.39. The van der Waals surface area contributed by atoms with Gasteiger partial charge < -0.3 is 14.8 Å². The van der Waals surface area contributed by atoms with Crippen molar-refractivity contribution in [3.63, 3.8) is 0 Å². The maximum absolute atomic E-state index is 11.9. The third-order valence-electron chi connectivity index (χ3n) is 3.23. The largest absolute Gasteiger partial charge is 0.481 e.